The molecule has 2 rings (SSSR count). The molecule has 28 heavy (non-hydrogen) atoms. The first-order valence-electron chi connectivity index (χ1n) is 9.02. The van der Waals surface area contributed by atoms with Gasteiger partial charge in [-0.3, -0.25) is 14.8 Å². The van der Waals surface area contributed by atoms with Crippen LogP contribution in [-0.4, -0.2) is 70.4 Å². The van der Waals surface area contributed by atoms with Gasteiger partial charge in [-0.2, -0.15) is 0 Å². The predicted molar refractivity (Wildman–Crippen MR) is 119 cm³/mol. The molecule has 1 amide bonds. The van der Waals surface area contributed by atoms with Crippen molar-refractivity contribution in [3.05, 3.63) is 24.5 Å². The highest BCUT2D eigenvalue weighted by Gasteiger charge is 2.23. The van der Waals surface area contributed by atoms with E-state index in [1.165, 1.54) is 18.5 Å². The van der Waals surface area contributed by atoms with Crippen molar-refractivity contribution in [1.29, 1.82) is 0 Å². The topological polar surface area (TPSA) is 116 Å². The number of nitrogens with one attached hydrogen (secondary N) is 3. The average molecular weight is 524 g/mol. The number of aliphatic imine (C=N–C) groups is 1. The van der Waals surface area contributed by atoms with Gasteiger partial charge in [-0.1, -0.05) is 0 Å². The van der Waals surface area contributed by atoms with Crippen LogP contribution in [0.5, 0.6) is 0 Å². The third-order valence-corrected chi connectivity index (χ3v) is 5.97. The first kappa shape index (κ1) is 24.6. The first-order chi connectivity index (χ1) is 13.0. The van der Waals surface area contributed by atoms with E-state index in [0.29, 0.717) is 18.9 Å². The molecule has 0 saturated carbocycles. The molecule has 1 aromatic rings. The van der Waals surface area contributed by atoms with Gasteiger partial charge in [0.15, 0.2) is 5.96 Å². The fourth-order valence-corrected chi connectivity index (χ4v) is 3.99. The Hall–Kier alpha value is -1.47. The molecule has 1 saturated heterocycles. The Kier molecular flexibility index (Phi) is 10.7. The van der Waals surface area contributed by atoms with Crippen LogP contribution >= 0.6 is 24.0 Å². The summed E-state index contributed by atoms with van der Waals surface area (Å²) in [5.41, 5.74) is 0. The quantitative estimate of drug-likeness (QED) is 0.206. The number of guanidine groups is 1. The zero-order valence-electron chi connectivity index (χ0n) is 16.2. The van der Waals surface area contributed by atoms with Crippen LogP contribution < -0.4 is 15.4 Å². The fourth-order valence-electron chi connectivity index (χ4n) is 2.99. The van der Waals surface area contributed by atoms with Crippen LogP contribution in [0.2, 0.25) is 0 Å². The van der Waals surface area contributed by atoms with Gasteiger partial charge in [-0.25, -0.2) is 13.1 Å². The number of hydrogen-bond donors (Lipinski definition) is 3. The lowest BCUT2D eigenvalue weighted by atomic mass is 9.93. The molecule has 1 aromatic heterocycles. The normalized spacial score (nSPS) is 15.6. The van der Waals surface area contributed by atoms with Crippen LogP contribution in [0.1, 0.15) is 19.3 Å². The minimum absolute atomic E-state index is 0. The van der Waals surface area contributed by atoms with Crippen molar-refractivity contribution in [2.45, 2.75) is 24.2 Å². The minimum Gasteiger partial charge on any atom is -0.359 e. The standard InChI is InChI=1S/C17H28N6O3S.HI/c1-18-16(24)12-14-5-10-23(11-6-14)17(19-2)21-8-9-22-27(25,26)15-4-3-7-20-13-15;/h3-4,7,13-14,22H,5-6,8-12H2,1-2H3,(H,18,24)(H,19,21);1H. The molecule has 0 spiro atoms. The van der Waals surface area contributed by atoms with Crippen molar-refractivity contribution in [2.75, 3.05) is 40.3 Å². The second-order valence-corrected chi connectivity index (χ2v) is 8.14. The second kappa shape index (κ2) is 12.2. The Morgan fingerprint density at radius 1 is 1.32 bits per heavy atom. The van der Waals surface area contributed by atoms with E-state index in [1.807, 2.05) is 0 Å². The molecule has 0 bridgehead atoms. The molecule has 1 fully saturated rings. The first-order valence-corrected chi connectivity index (χ1v) is 10.5. The zero-order chi connectivity index (χ0) is 19.7. The molecule has 2 heterocycles. The maximum atomic E-state index is 12.1. The summed E-state index contributed by atoms with van der Waals surface area (Å²) >= 11 is 0. The molecule has 9 nitrogen and oxygen atoms in total. The maximum Gasteiger partial charge on any atom is 0.242 e. The van der Waals surface area contributed by atoms with Gasteiger partial charge < -0.3 is 15.5 Å². The number of pyridine rings is 1. The summed E-state index contributed by atoms with van der Waals surface area (Å²) in [6.07, 6.45) is 5.27. The van der Waals surface area contributed by atoms with Crippen LogP contribution in [0, 0.1) is 5.92 Å². The van der Waals surface area contributed by atoms with Gasteiger partial charge in [0.1, 0.15) is 4.90 Å². The van der Waals surface area contributed by atoms with Crippen molar-refractivity contribution >= 4 is 45.9 Å². The Morgan fingerprint density at radius 3 is 2.61 bits per heavy atom. The molecular weight excluding hydrogens is 495 g/mol. The Balaban J connectivity index is 0.00000392. The highest BCUT2D eigenvalue weighted by molar-refractivity contribution is 14.0. The number of carbonyl (C=O) groups excluding carboxylic acids is 1. The number of halogens is 1. The van der Waals surface area contributed by atoms with Crippen molar-refractivity contribution in [1.82, 2.24) is 25.2 Å². The molecular formula is C17H29IN6O3S. The molecule has 1 aliphatic heterocycles. The molecule has 1 aliphatic rings. The number of nitrogens with zero attached hydrogens (tertiary/aromatic N) is 3. The Bertz CT molecular complexity index is 737. The lowest BCUT2D eigenvalue weighted by molar-refractivity contribution is -0.121. The molecule has 0 aromatic carbocycles. The van der Waals surface area contributed by atoms with Gasteiger partial charge in [0.25, 0.3) is 0 Å². The molecule has 11 heteroatoms. The highest BCUT2D eigenvalue weighted by atomic mass is 127. The minimum atomic E-state index is -3.56. The number of sulfonamides is 1. The number of aromatic nitrogens is 1. The van der Waals surface area contributed by atoms with E-state index in [9.17, 15) is 13.2 Å². The number of rotatable bonds is 7. The van der Waals surface area contributed by atoms with E-state index < -0.39 is 10.0 Å². The largest absolute Gasteiger partial charge is 0.359 e. The maximum absolute atomic E-state index is 12.1. The zero-order valence-corrected chi connectivity index (χ0v) is 19.4. The van der Waals surface area contributed by atoms with Crippen molar-refractivity contribution in [3.63, 3.8) is 0 Å². The van der Waals surface area contributed by atoms with Gasteiger partial charge in [-0.15, -0.1) is 24.0 Å². The van der Waals surface area contributed by atoms with Gasteiger partial charge in [-0.05, 0) is 30.9 Å². The van der Waals surface area contributed by atoms with Crippen LogP contribution in [0.3, 0.4) is 0 Å². The van der Waals surface area contributed by atoms with Gasteiger partial charge in [0.2, 0.25) is 15.9 Å². The number of carbonyl (C=O) groups is 1. The number of amides is 1. The van der Waals surface area contributed by atoms with E-state index in [2.05, 4.69) is 30.2 Å². The number of likely N-dealkylation sites (tertiary alicyclic amines) is 1. The van der Waals surface area contributed by atoms with Crippen LogP contribution in [0.4, 0.5) is 0 Å². The number of piperidine rings is 1. The van der Waals surface area contributed by atoms with E-state index in [0.717, 1.165) is 31.9 Å². The van der Waals surface area contributed by atoms with Crippen LogP contribution in [-0.2, 0) is 14.8 Å². The SMILES string of the molecule is CN=C(NCCNS(=O)(=O)c1cccnc1)N1CCC(CC(=O)NC)CC1.I. The monoisotopic (exact) mass is 524 g/mol. The van der Waals surface area contributed by atoms with Gasteiger partial charge in [0.05, 0.1) is 0 Å². The fraction of sp³-hybridized carbons (Fsp3) is 0.588. The lowest BCUT2D eigenvalue weighted by Gasteiger charge is -2.34. The molecule has 0 radical (unpaired) electrons. The molecule has 158 valence electrons. The summed E-state index contributed by atoms with van der Waals surface area (Å²) in [6.45, 7) is 2.30. The average Bonchev–Trinajstić information content (AvgIpc) is 2.69. The summed E-state index contributed by atoms with van der Waals surface area (Å²) in [7, 11) is -0.189. The summed E-state index contributed by atoms with van der Waals surface area (Å²) in [4.78, 5) is 21.9. The third-order valence-electron chi connectivity index (χ3n) is 4.52. The Labute approximate surface area is 183 Å². The molecule has 0 aliphatic carbocycles. The van der Waals surface area contributed by atoms with Gasteiger partial charge in [0, 0.05) is 59.1 Å². The smallest absolute Gasteiger partial charge is 0.242 e. The van der Waals surface area contributed by atoms with Crippen LogP contribution in [0.15, 0.2) is 34.4 Å². The van der Waals surface area contributed by atoms with Crippen molar-refractivity contribution < 1.29 is 13.2 Å². The predicted octanol–water partition coefficient (Wildman–Crippen LogP) is 0.401. The summed E-state index contributed by atoms with van der Waals surface area (Å²) in [6, 6.07) is 3.09. The van der Waals surface area contributed by atoms with E-state index >= 15 is 0 Å². The van der Waals surface area contributed by atoms with Crippen molar-refractivity contribution in [2.24, 2.45) is 10.9 Å². The molecule has 0 atom stereocenters. The van der Waals surface area contributed by atoms with Crippen LogP contribution in [0.25, 0.3) is 0 Å². The summed E-state index contributed by atoms with van der Waals surface area (Å²) in [5, 5.41) is 5.85. The van der Waals surface area contributed by atoms with Gasteiger partial charge >= 0.3 is 0 Å². The third kappa shape index (κ3) is 7.51. The highest BCUT2D eigenvalue weighted by Crippen LogP contribution is 2.20. The van der Waals surface area contributed by atoms with E-state index in [-0.39, 0.29) is 41.3 Å². The summed E-state index contributed by atoms with van der Waals surface area (Å²) < 4.78 is 26.8. The molecule has 0 unspecified atom stereocenters. The lowest BCUT2D eigenvalue weighted by Crippen LogP contribution is -2.47. The number of hydrogen-bond acceptors (Lipinski definition) is 5. The Morgan fingerprint density at radius 2 is 2.04 bits per heavy atom. The summed E-state index contributed by atoms with van der Waals surface area (Å²) in [5.74, 6) is 1.22. The molecule has 3 N–H and O–H groups in total. The van der Waals surface area contributed by atoms with E-state index in [1.54, 1.807) is 20.2 Å². The van der Waals surface area contributed by atoms with Crippen molar-refractivity contribution in [3.8, 4) is 0 Å². The van der Waals surface area contributed by atoms with E-state index in [4.69, 9.17) is 0 Å². The second-order valence-electron chi connectivity index (χ2n) is 6.37.